The number of non-ortho nitro benzene ring substituents is 1. The Balaban J connectivity index is 2.15. The first-order valence-corrected chi connectivity index (χ1v) is 6.44. The Morgan fingerprint density at radius 1 is 1.30 bits per heavy atom. The van der Waals surface area contributed by atoms with Crippen LogP contribution in [0.25, 0.3) is 0 Å². The number of rotatable bonds is 5. The number of hydrogen-bond acceptors (Lipinski definition) is 5. The van der Waals surface area contributed by atoms with Crippen LogP contribution in [0.5, 0.6) is 11.5 Å². The standard InChI is InChI=1S/C13H11BrN2O4/c1-19-13-5-11(16(17)18)2-3-12(13)20-8-9-4-10(14)7-15-6-9/h2-7H,8H2,1H3. The van der Waals surface area contributed by atoms with Gasteiger partial charge in [0, 0.05) is 28.5 Å². The van der Waals surface area contributed by atoms with E-state index in [1.165, 1.54) is 25.3 Å². The summed E-state index contributed by atoms with van der Waals surface area (Å²) in [6.45, 7) is 0.292. The van der Waals surface area contributed by atoms with E-state index >= 15 is 0 Å². The molecule has 0 aliphatic carbocycles. The molecular weight excluding hydrogens is 328 g/mol. The molecule has 0 amide bonds. The zero-order valence-electron chi connectivity index (χ0n) is 10.6. The normalized spacial score (nSPS) is 10.1. The van der Waals surface area contributed by atoms with E-state index in [2.05, 4.69) is 20.9 Å². The van der Waals surface area contributed by atoms with Crippen molar-refractivity contribution in [2.24, 2.45) is 0 Å². The number of nitrogens with zero attached hydrogens (tertiary/aromatic N) is 2. The van der Waals surface area contributed by atoms with E-state index < -0.39 is 4.92 Å². The van der Waals surface area contributed by atoms with Gasteiger partial charge in [-0.15, -0.1) is 0 Å². The molecule has 0 saturated carbocycles. The number of halogens is 1. The summed E-state index contributed by atoms with van der Waals surface area (Å²) in [6, 6.07) is 6.10. The summed E-state index contributed by atoms with van der Waals surface area (Å²) < 4.78 is 11.5. The van der Waals surface area contributed by atoms with Crippen LogP contribution in [0.15, 0.2) is 41.1 Å². The monoisotopic (exact) mass is 338 g/mol. The van der Waals surface area contributed by atoms with E-state index in [0.717, 1.165) is 10.0 Å². The van der Waals surface area contributed by atoms with Crippen LogP contribution in [0.1, 0.15) is 5.56 Å². The summed E-state index contributed by atoms with van der Waals surface area (Å²) in [4.78, 5) is 14.2. The van der Waals surface area contributed by atoms with Gasteiger partial charge in [0.25, 0.3) is 5.69 Å². The van der Waals surface area contributed by atoms with Crippen molar-refractivity contribution in [1.29, 1.82) is 0 Å². The van der Waals surface area contributed by atoms with Crippen LogP contribution >= 0.6 is 15.9 Å². The van der Waals surface area contributed by atoms with Gasteiger partial charge < -0.3 is 9.47 Å². The first-order valence-electron chi connectivity index (χ1n) is 5.65. The molecule has 0 bridgehead atoms. The Bertz CT molecular complexity index is 634. The van der Waals surface area contributed by atoms with Gasteiger partial charge in [0.05, 0.1) is 18.1 Å². The molecule has 104 valence electrons. The second-order valence-corrected chi connectivity index (χ2v) is 4.81. The quantitative estimate of drug-likeness (QED) is 0.617. The molecule has 6 nitrogen and oxygen atoms in total. The molecule has 1 heterocycles. The third kappa shape index (κ3) is 3.45. The van der Waals surface area contributed by atoms with Crippen molar-refractivity contribution in [3.63, 3.8) is 0 Å². The fourth-order valence-electron chi connectivity index (χ4n) is 1.58. The Morgan fingerprint density at radius 3 is 2.75 bits per heavy atom. The number of ether oxygens (including phenoxy) is 2. The summed E-state index contributed by atoms with van der Waals surface area (Å²) in [5.41, 5.74) is 0.832. The Labute approximate surface area is 123 Å². The highest BCUT2D eigenvalue weighted by atomic mass is 79.9. The fraction of sp³-hybridized carbons (Fsp3) is 0.154. The van der Waals surface area contributed by atoms with Crippen LogP contribution in [0, 0.1) is 10.1 Å². The van der Waals surface area contributed by atoms with Crippen molar-refractivity contribution in [2.75, 3.05) is 7.11 Å². The Kier molecular flexibility index (Phi) is 4.52. The van der Waals surface area contributed by atoms with Gasteiger partial charge in [0.1, 0.15) is 6.61 Å². The van der Waals surface area contributed by atoms with Crippen LogP contribution in [0.4, 0.5) is 5.69 Å². The molecule has 1 aromatic heterocycles. The maximum Gasteiger partial charge on any atom is 0.273 e. The van der Waals surface area contributed by atoms with Crippen molar-refractivity contribution in [3.8, 4) is 11.5 Å². The third-order valence-corrected chi connectivity index (χ3v) is 2.95. The summed E-state index contributed by atoms with van der Waals surface area (Å²) >= 11 is 3.32. The number of hydrogen-bond donors (Lipinski definition) is 0. The van der Waals surface area contributed by atoms with Crippen molar-refractivity contribution >= 4 is 21.6 Å². The second-order valence-electron chi connectivity index (χ2n) is 3.89. The van der Waals surface area contributed by atoms with Crippen molar-refractivity contribution in [2.45, 2.75) is 6.61 Å². The number of benzene rings is 1. The lowest BCUT2D eigenvalue weighted by atomic mass is 10.2. The van der Waals surface area contributed by atoms with Crippen molar-refractivity contribution < 1.29 is 14.4 Å². The highest BCUT2D eigenvalue weighted by molar-refractivity contribution is 9.10. The Hall–Kier alpha value is -2.15. The minimum Gasteiger partial charge on any atom is -0.493 e. The molecule has 1 aromatic carbocycles. The van der Waals surface area contributed by atoms with Gasteiger partial charge in [-0.3, -0.25) is 15.1 Å². The first kappa shape index (κ1) is 14.3. The minimum atomic E-state index is -0.482. The Morgan fingerprint density at radius 2 is 2.10 bits per heavy atom. The van der Waals surface area contributed by atoms with Gasteiger partial charge in [0.15, 0.2) is 11.5 Å². The van der Waals surface area contributed by atoms with Crippen LogP contribution in [-0.2, 0) is 6.61 Å². The summed E-state index contributed by atoms with van der Waals surface area (Å²) in [7, 11) is 1.44. The van der Waals surface area contributed by atoms with Gasteiger partial charge >= 0.3 is 0 Å². The topological polar surface area (TPSA) is 74.5 Å². The summed E-state index contributed by atoms with van der Waals surface area (Å²) in [5, 5.41) is 10.7. The molecule has 0 aliphatic rings. The fourth-order valence-corrected chi connectivity index (χ4v) is 2.00. The van der Waals surface area contributed by atoms with Crippen LogP contribution in [-0.4, -0.2) is 17.0 Å². The molecule has 0 unspecified atom stereocenters. The smallest absolute Gasteiger partial charge is 0.273 e. The highest BCUT2D eigenvalue weighted by Gasteiger charge is 2.12. The molecule has 0 radical (unpaired) electrons. The predicted octanol–water partition coefficient (Wildman–Crippen LogP) is 3.34. The lowest BCUT2D eigenvalue weighted by molar-refractivity contribution is -0.385. The van der Waals surface area contributed by atoms with Crippen LogP contribution in [0.2, 0.25) is 0 Å². The van der Waals surface area contributed by atoms with E-state index in [-0.39, 0.29) is 5.69 Å². The van der Waals surface area contributed by atoms with E-state index in [1.807, 2.05) is 6.07 Å². The lowest BCUT2D eigenvalue weighted by Gasteiger charge is -2.10. The molecule has 0 aliphatic heterocycles. The summed E-state index contributed by atoms with van der Waals surface area (Å²) in [5.74, 6) is 0.764. The second kappa shape index (κ2) is 6.33. The molecule has 20 heavy (non-hydrogen) atoms. The lowest BCUT2D eigenvalue weighted by Crippen LogP contribution is -1.99. The molecular formula is C13H11BrN2O4. The number of nitro benzene ring substituents is 1. The molecule has 0 saturated heterocycles. The van der Waals surface area contributed by atoms with Gasteiger partial charge in [-0.1, -0.05) is 0 Å². The molecule has 0 fully saturated rings. The van der Waals surface area contributed by atoms with Gasteiger partial charge in [-0.05, 0) is 28.1 Å². The summed E-state index contributed by atoms with van der Waals surface area (Å²) in [6.07, 6.45) is 3.36. The average molecular weight is 339 g/mol. The molecule has 0 spiro atoms. The first-order chi connectivity index (χ1) is 9.60. The molecule has 0 atom stereocenters. The van der Waals surface area contributed by atoms with Crippen LogP contribution < -0.4 is 9.47 Å². The molecule has 2 rings (SSSR count). The minimum absolute atomic E-state index is 0.0432. The maximum atomic E-state index is 10.7. The molecule has 0 N–H and O–H groups in total. The van der Waals surface area contributed by atoms with Gasteiger partial charge in [0.2, 0.25) is 0 Å². The number of pyridine rings is 1. The highest BCUT2D eigenvalue weighted by Crippen LogP contribution is 2.31. The van der Waals surface area contributed by atoms with Crippen molar-refractivity contribution in [3.05, 3.63) is 56.8 Å². The zero-order valence-corrected chi connectivity index (χ0v) is 12.2. The number of aromatic nitrogens is 1. The third-order valence-electron chi connectivity index (χ3n) is 2.51. The predicted molar refractivity (Wildman–Crippen MR) is 75.9 cm³/mol. The van der Waals surface area contributed by atoms with Gasteiger partial charge in [-0.25, -0.2) is 0 Å². The van der Waals surface area contributed by atoms with Crippen LogP contribution in [0.3, 0.4) is 0 Å². The van der Waals surface area contributed by atoms with Gasteiger partial charge in [-0.2, -0.15) is 0 Å². The molecule has 2 aromatic rings. The molecule has 7 heteroatoms. The van der Waals surface area contributed by atoms with E-state index in [1.54, 1.807) is 12.4 Å². The largest absolute Gasteiger partial charge is 0.493 e. The number of nitro groups is 1. The van der Waals surface area contributed by atoms with E-state index in [0.29, 0.717) is 18.1 Å². The average Bonchev–Trinajstić information content (AvgIpc) is 2.45. The maximum absolute atomic E-state index is 10.7. The van der Waals surface area contributed by atoms with Crippen molar-refractivity contribution in [1.82, 2.24) is 4.98 Å². The SMILES string of the molecule is COc1cc([N+](=O)[O-])ccc1OCc1cncc(Br)c1. The number of methoxy groups -OCH3 is 1. The van der Waals surface area contributed by atoms with E-state index in [9.17, 15) is 10.1 Å². The zero-order chi connectivity index (χ0) is 14.5. The van der Waals surface area contributed by atoms with E-state index in [4.69, 9.17) is 9.47 Å².